The molecule has 0 aliphatic carbocycles. The first-order valence-electron chi connectivity index (χ1n) is 6.44. The van der Waals surface area contributed by atoms with Crippen molar-refractivity contribution in [2.45, 2.75) is 13.0 Å². The van der Waals surface area contributed by atoms with Gasteiger partial charge in [0.15, 0.2) is 6.29 Å². The molecule has 2 nitrogen and oxygen atoms in total. The van der Waals surface area contributed by atoms with Crippen LogP contribution in [0.4, 0.5) is 5.69 Å². The molecule has 0 aliphatic heterocycles. The van der Waals surface area contributed by atoms with Crippen molar-refractivity contribution in [2.24, 2.45) is 0 Å². The maximum Gasteiger partial charge on any atom is 0.152 e. The maximum absolute atomic E-state index is 11.0. The fourth-order valence-corrected chi connectivity index (χ4v) is 2.14. The van der Waals surface area contributed by atoms with Gasteiger partial charge >= 0.3 is 0 Å². The Morgan fingerprint density at radius 3 is 2.55 bits per heavy atom. The van der Waals surface area contributed by atoms with E-state index in [2.05, 4.69) is 12.2 Å². The van der Waals surface area contributed by atoms with Gasteiger partial charge in [0.1, 0.15) is 0 Å². The topological polar surface area (TPSA) is 29.1 Å². The minimum atomic E-state index is 0.149. The lowest BCUT2D eigenvalue weighted by atomic mass is 10.1. The lowest BCUT2D eigenvalue weighted by Gasteiger charge is -2.11. The fraction of sp³-hybridized carbons (Fsp3) is 0.118. The van der Waals surface area contributed by atoms with E-state index in [0.717, 1.165) is 17.5 Å². The lowest BCUT2D eigenvalue weighted by Crippen LogP contribution is -2.11. The molecule has 0 aromatic heterocycles. The second-order valence-electron chi connectivity index (χ2n) is 4.52. The van der Waals surface area contributed by atoms with E-state index in [9.17, 15) is 4.79 Å². The highest BCUT2D eigenvalue weighted by atomic mass is 35.5. The number of para-hydroxylation sites is 1. The molecule has 0 saturated heterocycles. The van der Waals surface area contributed by atoms with Gasteiger partial charge in [-0.3, -0.25) is 4.79 Å². The van der Waals surface area contributed by atoms with Gasteiger partial charge in [0.2, 0.25) is 0 Å². The number of hydrogen-bond acceptors (Lipinski definition) is 2. The third-order valence-electron chi connectivity index (χ3n) is 2.94. The summed E-state index contributed by atoms with van der Waals surface area (Å²) in [7, 11) is 0. The summed E-state index contributed by atoms with van der Waals surface area (Å²) in [5.74, 6) is 0. The van der Waals surface area contributed by atoms with Crippen LogP contribution in [0.1, 0.15) is 22.8 Å². The molecule has 20 heavy (non-hydrogen) atoms. The Morgan fingerprint density at radius 2 is 1.85 bits per heavy atom. The van der Waals surface area contributed by atoms with E-state index < -0.39 is 0 Å². The van der Waals surface area contributed by atoms with Crippen LogP contribution >= 0.6 is 11.6 Å². The van der Waals surface area contributed by atoms with Gasteiger partial charge in [-0.1, -0.05) is 54.1 Å². The predicted octanol–water partition coefficient (Wildman–Crippen LogP) is 4.67. The molecular formula is C17H16ClNO. The molecule has 1 unspecified atom stereocenters. The Kier molecular flexibility index (Phi) is 4.97. The molecule has 0 bridgehead atoms. The van der Waals surface area contributed by atoms with Gasteiger partial charge in [-0.15, -0.1) is 0 Å². The number of carbonyl (C=O) groups excluding carboxylic acids is 1. The van der Waals surface area contributed by atoms with Crippen LogP contribution in [0.2, 0.25) is 5.02 Å². The summed E-state index contributed by atoms with van der Waals surface area (Å²) in [5.41, 5.74) is 2.41. The first-order chi connectivity index (χ1) is 9.70. The monoisotopic (exact) mass is 285 g/mol. The maximum atomic E-state index is 11.0. The summed E-state index contributed by atoms with van der Waals surface area (Å²) in [6.45, 7) is 2.05. The smallest absolute Gasteiger partial charge is 0.152 e. The van der Waals surface area contributed by atoms with Crippen LogP contribution in [0.5, 0.6) is 0 Å². The number of aldehydes is 1. The molecule has 0 spiro atoms. The van der Waals surface area contributed by atoms with Crippen LogP contribution in [0, 0.1) is 0 Å². The Balaban J connectivity index is 2.09. The minimum absolute atomic E-state index is 0.149. The molecule has 0 amide bonds. The standard InChI is InChI=1S/C17H16ClNO/c1-13(19-15-7-3-2-4-8-15)10-11-14-6-5-9-17(18)16(14)12-20/h2-13,19H,1H3. The zero-order valence-corrected chi connectivity index (χ0v) is 12.0. The van der Waals surface area contributed by atoms with Crippen LogP contribution in [0.3, 0.4) is 0 Å². The molecule has 0 radical (unpaired) electrons. The van der Waals surface area contributed by atoms with Gasteiger partial charge in [-0.05, 0) is 30.7 Å². The summed E-state index contributed by atoms with van der Waals surface area (Å²) in [6, 6.07) is 15.6. The summed E-state index contributed by atoms with van der Waals surface area (Å²) < 4.78 is 0. The van der Waals surface area contributed by atoms with E-state index in [1.165, 1.54) is 0 Å². The van der Waals surface area contributed by atoms with E-state index in [1.807, 2.05) is 54.6 Å². The van der Waals surface area contributed by atoms with Gasteiger partial charge in [0.05, 0.1) is 5.02 Å². The zero-order chi connectivity index (χ0) is 14.4. The number of benzene rings is 2. The van der Waals surface area contributed by atoms with E-state index in [1.54, 1.807) is 6.07 Å². The predicted molar refractivity (Wildman–Crippen MR) is 85.4 cm³/mol. The van der Waals surface area contributed by atoms with Crippen LogP contribution < -0.4 is 5.32 Å². The van der Waals surface area contributed by atoms with E-state index in [4.69, 9.17) is 11.6 Å². The molecule has 0 aliphatic rings. The number of rotatable bonds is 5. The number of anilines is 1. The quantitative estimate of drug-likeness (QED) is 0.809. The van der Waals surface area contributed by atoms with Crippen molar-refractivity contribution in [1.82, 2.24) is 0 Å². The average Bonchev–Trinajstić information content (AvgIpc) is 2.46. The molecule has 2 aromatic carbocycles. The molecule has 102 valence electrons. The average molecular weight is 286 g/mol. The van der Waals surface area contributed by atoms with Crippen LogP contribution in [-0.2, 0) is 0 Å². The molecule has 3 heteroatoms. The van der Waals surface area contributed by atoms with E-state index in [-0.39, 0.29) is 6.04 Å². The molecular weight excluding hydrogens is 270 g/mol. The Morgan fingerprint density at radius 1 is 1.10 bits per heavy atom. The van der Waals surface area contributed by atoms with Gasteiger partial charge in [-0.25, -0.2) is 0 Å². The van der Waals surface area contributed by atoms with E-state index >= 15 is 0 Å². The third-order valence-corrected chi connectivity index (χ3v) is 3.27. The van der Waals surface area contributed by atoms with Crippen molar-refractivity contribution < 1.29 is 4.79 Å². The first kappa shape index (κ1) is 14.4. The van der Waals surface area contributed by atoms with Crippen molar-refractivity contribution in [2.75, 3.05) is 5.32 Å². The van der Waals surface area contributed by atoms with Gasteiger partial charge in [0, 0.05) is 17.3 Å². The normalized spacial score (nSPS) is 12.3. The highest BCUT2D eigenvalue weighted by molar-refractivity contribution is 6.33. The molecule has 0 heterocycles. The number of carbonyl (C=O) groups is 1. The molecule has 1 atom stereocenters. The second kappa shape index (κ2) is 6.92. The SMILES string of the molecule is CC(C=Cc1cccc(Cl)c1C=O)Nc1ccccc1. The van der Waals surface area contributed by atoms with Crippen LogP contribution in [0.25, 0.3) is 6.08 Å². The fourth-order valence-electron chi connectivity index (χ4n) is 1.92. The Labute approximate surface area is 124 Å². The Hall–Kier alpha value is -2.06. The molecule has 2 rings (SSSR count). The van der Waals surface area contributed by atoms with Gasteiger partial charge < -0.3 is 5.32 Å². The number of hydrogen-bond donors (Lipinski definition) is 1. The van der Waals surface area contributed by atoms with Crippen molar-refractivity contribution in [3.8, 4) is 0 Å². The minimum Gasteiger partial charge on any atom is -0.379 e. The van der Waals surface area contributed by atoms with Crippen molar-refractivity contribution in [1.29, 1.82) is 0 Å². The number of halogens is 1. The van der Waals surface area contributed by atoms with Crippen LogP contribution in [-0.4, -0.2) is 12.3 Å². The van der Waals surface area contributed by atoms with Gasteiger partial charge in [0.25, 0.3) is 0 Å². The summed E-state index contributed by atoms with van der Waals surface area (Å²) in [5, 5.41) is 3.83. The zero-order valence-electron chi connectivity index (χ0n) is 11.2. The molecule has 0 saturated carbocycles. The van der Waals surface area contributed by atoms with Crippen molar-refractivity contribution >= 4 is 29.7 Å². The Bertz CT molecular complexity index is 608. The van der Waals surface area contributed by atoms with Gasteiger partial charge in [-0.2, -0.15) is 0 Å². The van der Waals surface area contributed by atoms with Crippen LogP contribution in [0.15, 0.2) is 54.6 Å². The van der Waals surface area contributed by atoms with Crippen molar-refractivity contribution in [3.63, 3.8) is 0 Å². The third kappa shape index (κ3) is 3.72. The molecule has 1 N–H and O–H groups in total. The summed E-state index contributed by atoms with van der Waals surface area (Å²) in [4.78, 5) is 11.0. The molecule has 0 fully saturated rings. The largest absolute Gasteiger partial charge is 0.379 e. The lowest BCUT2D eigenvalue weighted by molar-refractivity contribution is 0.112. The highest BCUT2D eigenvalue weighted by Crippen LogP contribution is 2.19. The van der Waals surface area contributed by atoms with E-state index in [0.29, 0.717) is 10.6 Å². The second-order valence-corrected chi connectivity index (χ2v) is 4.93. The summed E-state index contributed by atoms with van der Waals surface area (Å²) >= 11 is 5.99. The van der Waals surface area contributed by atoms with Crippen molar-refractivity contribution in [3.05, 3.63) is 70.8 Å². The highest BCUT2D eigenvalue weighted by Gasteiger charge is 2.03. The molecule has 2 aromatic rings. The first-order valence-corrected chi connectivity index (χ1v) is 6.82. The summed E-state index contributed by atoms with van der Waals surface area (Å²) in [6.07, 6.45) is 4.71. The number of nitrogens with one attached hydrogen (secondary N) is 1.